The third-order valence-electron chi connectivity index (χ3n) is 4.01. The van der Waals surface area contributed by atoms with Crippen LogP contribution in [0.25, 0.3) is 0 Å². The molecule has 1 saturated carbocycles. The first-order chi connectivity index (χ1) is 9.61. The Morgan fingerprint density at radius 1 is 1.15 bits per heavy atom. The number of para-hydroxylation sites is 2. The lowest BCUT2D eigenvalue weighted by Crippen LogP contribution is -2.48. The molecular weight excluding hydrogens is 250 g/mol. The Morgan fingerprint density at radius 3 is 2.50 bits per heavy atom. The maximum absolute atomic E-state index is 6.29. The average molecular weight is 277 g/mol. The summed E-state index contributed by atoms with van der Waals surface area (Å²) in [5, 5.41) is 0. The van der Waals surface area contributed by atoms with Crippen molar-refractivity contribution >= 4 is 0 Å². The number of rotatable bonds is 5. The molecule has 0 aromatic heterocycles. The number of hydrogen-bond donors (Lipinski definition) is 1. The van der Waals surface area contributed by atoms with E-state index < -0.39 is 0 Å². The molecule has 1 aliphatic carbocycles. The molecule has 1 aliphatic rings. The van der Waals surface area contributed by atoms with E-state index in [1.807, 2.05) is 24.3 Å². The van der Waals surface area contributed by atoms with Gasteiger partial charge >= 0.3 is 0 Å². The van der Waals surface area contributed by atoms with E-state index in [2.05, 4.69) is 20.8 Å². The van der Waals surface area contributed by atoms with Crippen LogP contribution in [0.4, 0.5) is 0 Å². The van der Waals surface area contributed by atoms with Gasteiger partial charge in [-0.1, -0.05) is 32.9 Å². The average Bonchev–Trinajstić information content (AvgIpc) is 2.41. The Balaban J connectivity index is 2.08. The molecule has 3 nitrogen and oxygen atoms in total. The quantitative estimate of drug-likeness (QED) is 0.894. The zero-order valence-electron chi connectivity index (χ0n) is 12.8. The summed E-state index contributed by atoms with van der Waals surface area (Å²) in [5.41, 5.74) is 6.29. The predicted molar refractivity (Wildman–Crippen MR) is 82.2 cm³/mol. The maximum Gasteiger partial charge on any atom is 0.161 e. The Labute approximate surface area is 122 Å². The molecule has 0 spiro atoms. The molecule has 4 atom stereocenters. The smallest absolute Gasteiger partial charge is 0.161 e. The van der Waals surface area contributed by atoms with Crippen molar-refractivity contribution in [1.29, 1.82) is 0 Å². The molecule has 0 heterocycles. The van der Waals surface area contributed by atoms with E-state index in [4.69, 9.17) is 15.2 Å². The van der Waals surface area contributed by atoms with E-state index in [0.29, 0.717) is 18.4 Å². The highest BCUT2D eigenvalue weighted by Gasteiger charge is 2.33. The largest absolute Gasteiger partial charge is 0.490 e. The first-order valence-electron chi connectivity index (χ1n) is 7.75. The summed E-state index contributed by atoms with van der Waals surface area (Å²) < 4.78 is 12.0. The normalized spacial score (nSPS) is 30.0. The molecule has 0 bridgehead atoms. The van der Waals surface area contributed by atoms with Gasteiger partial charge in [0.1, 0.15) is 6.10 Å². The van der Waals surface area contributed by atoms with E-state index in [9.17, 15) is 0 Å². The molecule has 4 unspecified atom stereocenters. The van der Waals surface area contributed by atoms with Crippen LogP contribution in [0.15, 0.2) is 24.3 Å². The molecule has 1 aromatic carbocycles. The van der Waals surface area contributed by atoms with Crippen molar-refractivity contribution in [3.8, 4) is 11.5 Å². The van der Waals surface area contributed by atoms with Crippen molar-refractivity contribution in [1.82, 2.24) is 0 Å². The lowest BCUT2D eigenvalue weighted by Gasteiger charge is -2.37. The van der Waals surface area contributed by atoms with Gasteiger partial charge in [0, 0.05) is 6.04 Å². The lowest BCUT2D eigenvalue weighted by atomic mass is 9.78. The Hall–Kier alpha value is -1.22. The molecule has 0 radical (unpaired) electrons. The summed E-state index contributed by atoms with van der Waals surface area (Å²) in [4.78, 5) is 0. The maximum atomic E-state index is 6.29. The topological polar surface area (TPSA) is 44.5 Å². The van der Waals surface area contributed by atoms with Crippen LogP contribution in [-0.2, 0) is 0 Å². The van der Waals surface area contributed by atoms with Crippen LogP contribution in [0.3, 0.4) is 0 Å². The first-order valence-corrected chi connectivity index (χ1v) is 7.75. The molecule has 20 heavy (non-hydrogen) atoms. The second kappa shape index (κ2) is 6.98. The highest BCUT2D eigenvalue weighted by molar-refractivity contribution is 5.39. The predicted octanol–water partition coefficient (Wildman–Crippen LogP) is 3.62. The Kier molecular flexibility index (Phi) is 5.30. The van der Waals surface area contributed by atoms with E-state index in [1.54, 1.807) is 0 Å². The third kappa shape index (κ3) is 3.66. The van der Waals surface area contributed by atoms with Crippen LogP contribution < -0.4 is 15.2 Å². The van der Waals surface area contributed by atoms with Gasteiger partial charge in [-0.05, 0) is 43.2 Å². The van der Waals surface area contributed by atoms with Crippen LogP contribution in [0.2, 0.25) is 0 Å². The number of ether oxygens (including phenoxy) is 2. The Bertz CT molecular complexity index is 409. The minimum atomic E-state index is 0.0811. The number of nitrogens with two attached hydrogens (primary N) is 1. The van der Waals surface area contributed by atoms with Gasteiger partial charge in [-0.3, -0.25) is 0 Å². The standard InChI is InChI=1S/C17H27NO2/c1-4-9-19-15-7-5-6-8-16(15)20-17-13(3)10-12(2)11-14(17)18/h5-8,12-14,17H,4,9-11,18H2,1-3H3. The van der Waals surface area contributed by atoms with Crippen molar-refractivity contribution in [3.05, 3.63) is 24.3 Å². The van der Waals surface area contributed by atoms with Gasteiger partial charge in [-0.25, -0.2) is 0 Å². The minimum Gasteiger partial charge on any atom is -0.490 e. The second-order valence-corrected chi connectivity index (χ2v) is 6.10. The van der Waals surface area contributed by atoms with E-state index in [-0.39, 0.29) is 12.1 Å². The van der Waals surface area contributed by atoms with Crippen LogP contribution in [0.1, 0.15) is 40.0 Å². The molecule has 1 aromatic rings. The van der Waals surface area contributed by atoms with Crippen molar-refractivity contribution in [2.24, 2.45) is 17.6 Å². The van der Waals surface area contributed by atoms with Gasteiger partial charge in [-0.15, -0.1) is 0 Å². The van der Waals surface area contributed by atoms with Gasteiger partial charge in [0.2, 0.25) is 0 Å². The summed E-state index contributed by atoms with van der Waals surface area (Å²) in [6.07, 6.45) is 3.28. The van der Waals surface area contributed by atoms with Crippen LogP contribution in [0.5, 0.6) is 11.5 Å². The molecule has 0 amide bonds. The SMILES string of the molecule is CCCOc1ccccc1OC1C(C)CC(C)CC1N. The third-order valence-corrected chi connectivity index (χ3v) is 4.01. The summed E-state index contributed by atoms with van der Waals surface area (Å²) in [5.74, 6) is 2.81. The molecule has 2 N–H and O–H groups in total. The molecule has 112 valence electrons. The number of hydrogen-bond acceptors (Lipinski definition) is 3. The Morgan fingerprint density at radius 2 is 1.85 bits per heavy atom. The highest BCUT2D eigenvalue weighted by Crippen LogP contribution is 2.34. The molecule has 2 rings (SSSR count). The summed E-state index contributed by atoms with van der Waals surface area (Å²) in [7, 11) is 0. The molecular formula is C17H27NO2. The fourth-order valence-corrected chi connectivity index (χ4v) is 3.11. The fourth-order valence-electron chi connectivity index (χ4n) is 3.11. The van der Waals surface area contributed by atoms with Crippen LogP contribution >= 0.6 is 0 Å². The van der Waals surface area contributed by atoms with Gasteiger partial charge in [0.05, 0.1) is 6.61 Å². The molecule has 3 heteroatoms. The van der Waals surface area contributed by atoms with Crippen molar-refractivity contribution < 1.29 is 9.47 Å². The van der Waals surface area contributed by atoms with E-state index in [0.717, 1.165) is 24.3 Å². The molecule has 0 aliphatic heterocycles. The minimum absolute atomic E-state index is 0.0811. The van der Waals surface area contributed by atoms with E-state index in [1.165, 1.54) is 6.42 Å². The fraction of sp³-hybridized carbons (Fsp3) is 0.647. The summed E-state index contributed by atoms with van der Waals surface area (Å²) >= 11 is 0. The number of benzene rings is 1. The molecule has 1 fully saturated rings. The summed E-state index contributed by atoms with van der Waals surface area (Å²) in [6.45, 7) is 7.31. The van der Waals surface area contributed by atoms with Gasteiger partial charge in [0.25, 0.3) is 0 Å². The van der Waals surface area contributed by atoms with Gasteiger partial charge < -0.3 is 15.2 Å². The van der Waals surface area contributed by atoms with E-state index >= 15 is 0 Å². The van der Waals surface area contributed by atoms with Crippen molar-refractivity contribution in [2.75, 3.05) is 6.61 Å². The van der Waals surface area contributed by atoms with Crippen molar-refractivity contribution in [3.63, 3.8) is 0 Å². The van der Waals surface area contributed by atoms with Crippen LogP contribution in [0, 0.1) is 11.8 Å². The first kappa shape index (κ1) is 15.2. The van der Waals surface area contributed by atoms with Gasteiger partial charge in [-0.2, -0.15) is 0 Å². The lowest BCUT2D eigenvalue weighted by molar-refractivity contribution is 0.0596. The van der Waals surface area contributed by atoms with Crippen molar-refractivity contribution in [2.45, 2.75) is 52.2 Å². The highest BCUT2D eigenvalue weighted by atomic mass is 16.5. The zero-order valence-corrected chi connectivity index (χ0v) is 12.8. The summed E-state index contributed by atoms with van der Waals surface area (Å²) in [6, 6.07) is 8.00. The van der Waals surface area contributed by atoms with Crippen LogP contribution in [-0.4, -0.2) is 18.8 Å². The second-order valence-electron chi connectivity index (χ2n) is 6.10. The monoisotopic (exact) mass is 277 g/mol. The molecule has 0 saturated heterocycles. The van der Waals surface area contributed by atoms with Gasteiger partial charge in [0.15, 0.2) is 11.5 Å². The zero-order chi connectivity index (χ0) is 14.5.